The first-order valence-electron chi connectivity index (χ1n) is 10.1. The molecule has 3 saturated carbocycles. The van der Waals surface area contributed by atoms with Crippen LogP contribution in [0.4, 0.5) is 0 Å². The van der Waals surface area contributed by atoms with Crippen LogP contribution in [0.2, 0.25) is 0 Å². The largest absolute Gasteiger partial charge is 0.394 e. The minimum absolute atomic E-state index is 0.0965. The Hall–Kier alpha value is -0.380. The number of fused-ring (bicyclic) bond motifs is 5. The summed E-state index contributed by atoms with van der Waals surface area (Å²) >= 11 is 0. The van der Waals surface area contributed by atoms with Gasteiger partial charge in [-0.15, -0.1) is 0 Å². The van der Waals surface area contributed by atoms with Crippen molar-refractivity contribution in [3.05, 3.63) is 11.6 Å². The van der Waals surface area contributed by atoms with E-state index in [0.29, 0.717) is 5.92 Å². The Bertz CT molecular complexity index is 529. The molecule has 24 heavy (non-hydrogen) atoms. The van der Waals surface area contributed by atoms with Crippen molar-refractivity contribution in [3.8, 4) is 0 Å². The Morgan fingerprint density at radius 3 is 2.67 bits per heavy atom. The van der Waals surface area contributed by atoms with E-state index >= 15 is 0 Å². The maximum atomic E-state index is 10.3. The summed E-state index contributed by atoms with van der Waals surface area (Å²) in [4.78, 5) is 0. The first-order valence-corrected chi connectivity index (χ1v) is 10.1. The monoisotopic (exact) mass is 334 g/mol. The SMILES string of the molecule is C[C@]12CC[C@H]3[C@@H](CC=C4C[C@@H](O)CC[C@@]43C)[C@@H]1CC[C@@H]2[C@@H](O)CO. The smallest absolute Gasteiger partial charge is 0.0804 e. The lowest BCUT2D eigenvalue weighted by Gasteiger charge is -2.58. The molecule has 4 aliphatic carbocycles. The molecule has 0 saturated heterocycles. The normalized spacial score (nSPS) is 52.0. The van der Waals surface area contributed by atoms with Crippen molar-refractivity contribution >= 4 is 0 Å². The molecule has 3 heteroatoms. The van der Waals surface area contributed by atoms with E-state index in [1.807, 2.05) is 0 Å². The molecular weight excluding hydrogens is 300 g/mol. The van der Waals surface area contributed by atoms with E-state index in [-0.39, 0.29) is 29.5 Å². The van der Waals surface area contributed by atoms with Crippen LogP contribution in [0, 0.1) is 34.5 Å². The zero-order valence-corrected chi connectivity index (χ0v) is 15.2. The van der Waals surface area contributed by atoms with Crippen LogP contribution in [0.5, 0.6) is 0 Å². The Kier molecular flexibility index (Phi) is 4.14. The second-order valence-electron chi connectivity index (χ2n) is 9.63. The minimum Gasteiger partial charge on any atom is -0.394 e. The van der Waals surface area contributed by atoms with Crippen LogP contribution in [-0.4, -0.2) is 34.1 Å². The van der Waals surface area contributed by atoms with Crippen molar-refractivity contribution in [3.63, 3.8) is 0 Å². The van der Waals surface area contributed by atoms with E-state index in [1.165, 1.54) is 24.8 Å². The Morgan fingerprint density at radius 1 is 1.12 bits per heavy atom. The Labute approximate surface area is 146 Å². The number of allylic oxidation sites excluding steroid dienone is 1. The second-order valence-corrected chi connectivity index (χ2v) is 9.63. The van der Waals surface area contributed by atoms with E-state index in [0.717, 1.165) is 43.9 Å². The predicted octanol–water partition coefficient (Wildman–Crippen LogP) is 3.28. The second kappa shape index (κ2) is 5.82. The van der Waals surface area contributed by atoms with Crippen molar-refractivity contribution in [2.24, 2.45) is 34.5 Å². The highest BCUT2D eigenvalue weighted by Crippen LogP contribution is 2.66. The van der Waals surface area contributed by atoms with Gasteiger partial charge in [0.2, 0.25) is 0 Å². The van der Waals surface area contributed by atoms with E-state index < -0.39 is 6.10 Å². The van der Waals surface area contributed by atoms with Gasteiger partial charge in [0.25, 0.3) is 0 Å². The number of aliphatic hydroxyl groups is 3. The highest BCUT2D eigenvalue weighted by atomic mass is 16.3. The quantitative estimate of drug-likeness (QED) is 0.679. The fourth-order valence-electron chi connectivity index (χ4n) is 7.44. The van der Waals surface area contributed by atoms with Gasteiger partial charge in [0.05, 0.1) is 18.8 Å². The minimum atomic E-state index is -0.549. The molecule has 0 unspecified atom stereocenters. The molecule has 0 spiro atoms. The lowest BCUT2D eigenvalue weighted by molar-refractivity contribution is -0.0779. The van der Waals surface area contributed by atoms with Crippen LogP contribution in [0.15, 0.2) is 11.6 Å². The van der Waals surface area contributed by atoms with Crippen molar-refractivity contribution in [2.45, 2.75) is 77.4 Å². The molecule has 3 fully saturated rings. The first kappa shape index (κ1) is 17.1. The number of hydrogen-bond donors (Lipinski definition) is 3. The molecule has 0 amide bonds. The molecule has 0 aromatic carbocycles. The molecule has 0 aromatic rings. The van der Waals surface area contributed by atoms with E-state index in [4.69, 9.17) is 0 Å². The maximum absolute atomic E-state index is 10.3. The van der Waals surface area contributed by atoms with Crippen LogP contribution < -0.4 is 0 Å². The molecular formula is C21H34O3. The molecule has 0 bridgehead atoms. The summed E-state index contributed by atoms with van der Waals surface area (Å²) in [5, 5.41) is 29.9. The fraction of sp³-hybridized carbons (Fsp3) is 0.905. The van der Waals surface area contributed by atoms with Crippen molar-refractivity contribution in [2.75, 3.05) is 6.61 Å². The highest BCUT2D eigenvalue weighted by molar-refractivity contribution is 5.25. The van der Waals surface area contributed by atoms with Gasteiger partial charge in [0, 0.05) is 0 Å². The maximum Gasteiger partial charge on any atom is 0.0804 e. The summed E-state index contributed by atoms with van der Waals surface area (Å²) in [5.41, 5.74) is 2.01. The van der Waals surface area contributed by atoms with Gasteiger partial charge in [-0.1, -0.05) is 25.5 Å². The Balaban J connectivity index is 1.63. The molecule has 4 aliphatic rings. The molecule has 3 N–H and O–H groups in total. The van der Waals surface area contributed by atoms with Crippen LogP contribution in [0.1, 0.15) is 65.2 Å². The molecule has 0 heterocycles. The van der Waals surface area contributed by atoms with Crippen LogP contribution in [0.3, 0.4) is 0 Å². The molecule has 0 aromatic heterocycles. The topological polar surface area (TPSA) is 60.7 Å². The van der Waals surface area contributed by atoms with Gasteiger partial charge in [0.1, 0.15) is 0 Å². The van der Waals surface area contributed by atoms with Gasteiger partial charge in [-0.25, -0.2) is 0 Å². The van der Waals surface area contributed by atoms with Gasteiger partial charge < -0.3 is 15.3 Å². The van der Waals surface area contributed by atoms with E-state index in [1.54, 1.807) is 0 Å². The van der Waals surface area contributed by atoms with Crippen molar-refractivity contribution in [1.82, 2.24) is 0 Å². The zero-order valence-electron chi connectivity index (χ0n) is 15.2. The number of hydrogen-bond acceptors (Lipinski definition) is 3. The molecule has 136 valence electrons. The standard InChI is InChI=1S/C21H34O3/c1-20-9-7-14(23)11-13(20)3-4-15-16-5-6-18(19(24)12-22)21(16,2)10-8-17(15)20/h3,14-19,22-24H,4-12H2,1-2H3/t14-,15-,16-,17-,18+,19-,20-,21-/m0/s1. The molecule has 3 nitrogen and oxygen atoms in total. The third-order valence-corrected chi connectivity index (χ3v) is 8.80. The first-order chi connectivity index (χ1) is 11.4. The lowest BCUT2D eigenvalue weighted by Crippen LogP contribution is -2.51. The summed E-state index contributed by atoms with van der Waals surface area (Å²) in [7, 11) is 0. The van der Waals surface area contributed by atoms with Crippen LogP contribution in [-0.2, 0) is 0 Å². The number of aliphatic hydroxyl groups excluding tert-OH is 3. The van der Waals surface area contributed by atoms with Crippen molar-refractivity contribution in [1.29, 1.82) is 0 Å². The highest BCUT2D eigenvalue weighted by Gasteiger charge is 2.59. The van der Waals surface area contributed by atoms with Gasteiger partial charge >= 0.3 is 0 Å². The molecule has 0 aliphatic heterocycles. The summed E-state index contributed by atoms with van der Waals surface area (Å²) in [6, 6.07) is 0. The van der Waals surface area contributed by atoms with Crippen LogP contribution >= 0.6 is 0 Å². The van der Waals surface area contributed by atoms with Crippen molar-refractivity contribution < 1.29 is 15.3 Å². The Morgan fingerprint density at radius 2 is 1.92 bits per heavy atom. The molecule has 8 atom stereocenters. The molecule has 4 rings (SSSR count). The summed E-state index contributed by atoms with van der Waals surface area (Å²) in [5.74, 6) is 2.42. The summed E-state index contributed by atoms with van der Waals surface area (Å²) < 4.78 is 0. The van der Waals surface area contributed by atoms with E-state index in [9.17, 15) is 15.3 Å². The predicted molar refractivity (Wildman–Crippen MR) is 94.3 cm³/mol. The van der Waals surface area contributed by atoms with Gasteiger partial charge in [0.15, 0.2) is 0 Å². The van der Waals surface area contributed by atoms with E-state index in [2.05, 4.69) is 19.9 Å². The summed E-state index contributed by atoms with van der Waals surface area (Å²) in [6.07, 6.45) is 10.6. The molecule has 0 radical (unpaired) electrons. The third kappa shape index (κ3) is 2.27. The fourth-order valence-corrected chi connectivity index (χ4v) is 7.44. The lowest BCUT2D eigenvalue weighted by atomic mass is 9.47. The third-order valence-electron chi connectivity index (χ3n) is 8.80. The number of rotatable bonds is 2. The van der Waals surface area contributed by atoms with Gasteiger partial charge in [-0.3, -0.25) is 0 Å². The summed E-state index contributed by atoms with van der Waals surface area (Å²) in [6.45, 7) is 4.75. The zero-order chi connectivity index (χ0) is 17.1. The van der Waals surface area contributed by atoms with Gasteiger partial charge in [-0.05, 0) is 85.9 Å². The van der Waals surface area contributed by atoms with Crippen LogP contribution in [0.25, 0.3) is 0 Å². The van der Waals surface area contributed by atoms with Gasteiger partial charge in [-0.2, -0.15) is 0 Å². The average molecular weight is 335 g/mol. The average Bonchev–Trinajstić information content (AvgIpc) is 2.92.